The summed E-state index contributed by atoms with van der Waals surface area (Å²) in [5.74, 6) is 1.13. The second-order valence-electron chi connectivity index (χ2n) is 5.23. The van der Waals surface area contributed by atoms with Gasteiger partial charge in [0.2, 0.25) is 0 Å². The Bertz CT molecular complexity index is 447. The van der Waals surface area contributed by atoms with Crippen molar-refractivity contribution in [3.8, 4) is 5.75 Å². The van der Waals surface area contributed by atoms with Gasteiger partial charge in [-0.25, -0.2) is 0 Å². The lowest BCUT2D eigenvalue weighted by molar-refractivity contribution is 0.205. The van der Waals surface area contributed by atoms with Crippen LogP contribution in [-0.4, -0.2) is 44.1 Å². The van der Waals surface area contributed by atoms with Crippen molar-refractivity contribution in [2.24, 2.45) is 10.7 Å². The highest BCUT2D eigenvalue weighted by molar-refractivity contribution is 14.0. The standard InChI is InChI=1S/C14H24N4O.HI/c1-14(2,18(3)4)10-16-13(15)17-11-8-6-7-9-12(11)19-5;/h6-9H,10H2,1-5H3,(H3,15,16,17);1H. The topological polar surface area (TPSA) is 62.9 Å². The zero-order valence-corrected chi connectivity index (χ0v) is 15.1. The normalized spacial score (nSPS) is 12.0. The lowest BCUT2D eigenvalue weighted by Crippen LogP contribution is -2.41. The molecule has 0 amide bonds. The first-order chi connectivity index (χ1) is 8.86. The SMILES string of the molecule is COc1ccccc1NC(N)=NCC(C)(C)N(C)C.I. The summed E-state index contributed by atoms with van der Waals surface area (Å²) in [6.07, 6.45) is 0. The van der Waals surface area contributed by atoms with Crippen molar-refractivity contribution in [2.75, 3.05) is 33.1 Å². The van der Waals surface area contributed by atoms with Crippen LogP contribution < -0.4 is 15.8 Å². The van der Waals surface area contributed by atoms with Crippen molar-refractivity contribution in [3.63, 3.8) is 0 Å². The van der Waals surface area contributed by atoms with Crippen molar-refractivity contribution in [1.82, 2.24) is 4.90 Å². The molecule has 0 unspecified atom stereocenters. The number of hydrogen-bond acceptors (Lipinski definition) is 3. The Balaban J connectivity index is 0.00000361. The third-order valence-electron chi connectivity index (χ3n) is 3.22. The fourth-order valence-corrected chi connectivity index (χ4v) is 1.35. The summed E-state index contributed by atoms with van der Waals surface area (Å²) in [5.41, 5.74) is 6.68. The molecule has 0 spiro atoms. The Morgan fingerprint density at radius 3 is 2.50 bits per heavy atom. The van der Waals surface area contributed by atoms with Gasteiger partial charge >= 0.3 is 0 Å². The second kappa shape index (κ2) is 8.31. The number of nitrogens with two attached hydrogens (primary N) is 1. The molecule has 20 heavy (non-hydrogen) atoms. The number of benzene rings is 1. The van der Waals surface area contributed by atoms with Crippen LogP contribution >= 0.6 is 24.0 Å². The molecule has 0 saturated heterocycles. The fourth-order valence-electron chi connectivity index (χ4n) is 1.35. The van der Waals surface area contributed by atoms with E-state index >= 15 is 0 Å². The van der Waals surface area contributed by atoms with Crippen LogP contribution in [0.15, 0.2) is 29.3 Å². The summed E-state index contributed by atoms with van der Waals surface area (Å²) in [4.78, 5) is 6.49. The molecule has 0 radical (unpaired) electrons. The number of methoxy groups -OCH3 is 1. The molecule has 1 rings (SSSR count). The van der Waals surface area contributed by atoms with Crippen LogP contribution in [0.5, 0.6) is 5.75 Å². The molecule has 3 N–H and O–H groups in total. The van der Waals surface area contributed by atoms with E-state index in [2.05, 4.69) is 29.1 Å². The van der Waals surface area contributed by atoms with E-state index in [-0.39, 0.29) is 29.5 Å². The molecule has 0 atom stereocenters. The molecule has 0 aliphatic carbocycles. The zero-order valence-electron chi connectivity index (χ0n) is 12.8. The maximum atomic E-state index is 5.90. The van der Waals surface area contributed by atoms with Crippen LogP contribution in [0, 0.1) is 0 Å². The maximum absolute atomic E-state index is 5.90. The van der Waals surface area contributed by atoms with E-state index in [0.29, 0.717) is 12.5 Å². The van der Waals surface area contributed by atoms with Gasteiger partial charge in [-0.3, -0.25) is 4.99 Å². The van der Waals surface area contributed by atoms with Crippen LogP contribution in [0.2, 0.25) is 0 Å². The number of anilines is 1. The quantitative estimate of drug-likeness (QED) is 0.459. The van der Waals surface area contributed by atoms with Crippen LogP contribution in [0.25, 0.3) is 0 Å². The zero-order chi connectivity index (χ0) is 14.5. The Kier molecular flexibility index (Phi) is 7.88. The number of guanidine groups is 1. The summed E-state index contributed by atoms with van der Waals surface area (Å²) >= 11 is 0. The number of rotatable bonds is 5. The molecule has 6 heteroatoms. The van der Waals surface area contributed by atoms with Gasteiger partial charge in [-0.15, -0.1) is 24.0 Å². The molecular formula is C14H25IN4O. The van der Waals surface area contributed by atoms with Crippen LogP contribution in [-0.2, 0) is 0 Å². The largest absolute Gasteiger partial charge is 0.495 e. The first kappa shape index (κ1) is 19.0. The van der Waals surface area contributed by atoms with Gasteiger partial charge in [-0.2, -0.15) is 0 Å². The third-order valence-corrected chi connectivity index (χ3v) is 3.22. The first-order valence-corrected chi connectivity index (χ1v) is 6.24. The van der Waals surface area contributed by atoms with Crippen LogP contribution in [0.1, 0.15) is 13.8 Å². The lowest BCUT2D eigenvalue weighted by Gasteiger charge is -2.30. The summed E-state index contributed by atoms with van der Waals surface area (Å²) in [6, 6.07) is 7.60. The van der Waals surface area contributed by atoms with Gasteiger partial charge in [0.05, 0.1) is 19.3 Å². The molecule has 1 aromatic rings. The van der Waals surface area contributed by atoms with Gasteiger partial charge in [-0.1, -0.05) is 12.1 Å². The highest BCUT2D eigenvalue weighted by atomic mass is 127. The molecule has 0 bridgehead atoms. The molecule has 0 aliphatic rings. The summed E-state index contributed by atoms with van der Waals surface area (Å²) in [6.45, 7) is 4.85. The Morgan fingerprint density at radius 1 is 1.35 bits per heavy atom. The van der Waals surface area contributed by atoms with E-state index in [9.17, 15) is 0 Å². The summed E-state index contributed by atoms with van der Waals surface area (Å²) in [7, 11) is 5.68. The predicted octanol–water partition coefficient (Wildman–Crippen LogP) is 2.38. The summed E-state index contributed by atoms with van der Waals surface area (Å²) < 4.78 is 5.25. The fraction of sp³-hybridized carbons (Fsp3) is 0.500. The molecule has 0 aromatic heterocycles. The van der Waals surface area contributed by atoms with Crippen LogP contribution in [0.3, 0.4) is 0 Å². The van der Waals surface area contributed by atoms with Crippen molar-refractivity contribution in [3.05, 3.63) is 24.3 Å². The van der Waals surface area contributed by atoms with Gasteiger partial charge < -0.3 is 20.7 Å². The molecule has 0 heterocycles. The monoisotopic (exact) mass is 392 g/mol. The van der Waals surface area contributed by atoms with Gasteiger partial charge in [-0.05, 0) is 40.1 Å². The van der Waals surface area contributed by atoms with E-state index in [1.807, 2.05) is 38.4 Å². The number of nitrogens with zero attached hydrogens (tertiary/aromatic N) is 2. The lowest BCUT2D eigenvalue weighted by atomic mass is 10.1. The van der Waals surface area contributed by atoms with Crippen molar-refractivity contribution < 1.29 is 4.74 Å². The number of halogens is 1. The molecule has 1 aromatic carbocycles. The number of nitrogens with one attached hydrogen (secondary N) is 1. The van der Waals surface area contributed by atoms with Gasteiger partial charge in [0, 0.05) is 5.54 Å². The van der Waals surface area contributed by atoms with E-state index in [1.54, 1.807) is 7.11 Å². The molecule has 0 aliphatic heterocycles. The van der Waals surface area contributed by atoms with E-state index < -0.39 is 0 Å². The molecule has 0 fully saturated rings. The van der Waals surface area contributed by atoms with Crippen molar-refractivity contribution in [1.29, 1.82) is 0 Å². The van der Waals surface area contributed by atoms with Crippen LogP contribution in [0.4, 0.5) is 5.69 Å². The second-order valence-corrected chi connectivity index (χ2v) is 5.23. The first-order valence-electron chi connectivity index (χ1n) is 6.24. The average molecular weight is 392 g/mol. The van der Waals surface area contributed by atoms with E-state index in [4.69, 9.17) is 10.5 Å². The van der Waals surface area contributed by atoms with Gasteiger partial charge in [0.15, 0.2) is 5.96 Å². The predicted molar refractivity (Wildman–Crippen MR) is 96.3 cm³/mol. The van der Waals surface area contributed by atoms with E-state index in [1.165, 1.54) is 0 Å². The van der Waals surface area contributed by atoms with E-state index in [0.717, 1.165) is 11.4 Å². The van der Waals surface area contributed by atoms with Gasteiger partial charge in [0.25, 0.3) is 0 Å². The highest BCUT2D eigenvalue weighted by Gasteiger charge is 2.19. The third kappa shape index (κ3) is 5.54. The number of para-hydroxylation sites is 2. The minimum Gasteiger partial charge on any atom is -0.495 e. The maximum Gasteiger partial charge on any atom is 0.193 e. The molecule has 114 valence electrons. The average Bonchev–Trinajstić information content (AvgIpc) is 2.37. The highest BCUT2D eigenvalue weighted by Crippen LogP contribution is 2.22. The smallest absolute Gasteiger partial charge is 0.193 e. The number of likely N-dealkylation sites (N-methyl/N-ethyl adjacent to an activating group) is 1. The Labute approximate surface area is 138 Å². The molecule has 5 nitrogen and oxygen atoms in total. The Hall–Kier alpha value is -1.02. The number of ether oxygens (including phenoxy) is 1. The molecular weight excluding hydrogens is 367 g/mol. The Morgan fingerprint density at radius 2 is 1.95 bits per heavy atom. The summed E-state index contributed by atoms with van der Waals surface area (Å²) in [5, 5.41) is 3.06. The minimum absolute atomic E-state index is 0. The minimum atomic E-state index is -0.0346. The number of aliphatic imine (C=N–C) groups is 1. The van der Waals surface area contributed by atoms with Crippen molar-refractivity contribution >= 4 is 35.6 Å². The van der Waals surface area contributed by atoms with Gasteiger partial charge in [0.1, 0.15) is 5.75 Å². The van der Waals surface area contributed by atoms with Crippen molar-refractivity contribution in [2.45, 2.75) is 19.4 Å². The number of hydrogen-bond donors (Lipinski definition) is 2. The molecule has 0 saturated carbocycles.